The first-order valence-electron chi connectivity index (χ1n) is 7.83. The summed E-state index contributed by atoms with van der Waals surface area (Å²) in [5.74, 6) is 0.655. The SMILES string of the molecule is C[C@H]1CCCC[C@@H]1NC(=O)CN(C)CCNC(=O)N(C)C. The quantitative estimate of drug-likeness (QED) is 0.765. The number of nitrogens with zero attached hydrogens (tertiary/aromatic N) is 2. The Morgan fingerprint density at radius 3 is 2.43 bits per heavy atom. The summed E-state index contributed by atoms with van der Waals surface area (Å²) in [6.45, 7) is 3.79. The number of urea groups is 1. The van der Waals surface area contributed by atoms with Crippen LogP contribution in [0.5, 0.6) is 0 Å². The fourth-order valence-electron chi connectivity index (χ4n) is 2.62. The van der Waals surface area contributed by atoms with Crippen LogP contribution in [0.4, 0.5) is 4.79 Å². The number of carbonyl (C=O) groups excluding carboxylic acids is 2. The molecule has 2 atom stereocenters. The second-order valence-electron chi connectivity index (χ2n) is 6.30. The van der Waals surface area contributed by atoms with E-state index in [-0.39, 0.29) is 11.9 Å². The van der Waals surface area contributed by atoms with Crippen molar-refractivity contribution in [2.24, 2.45) is 5.92 Å². The first-order chi connectivity index (χ1) is 9.90. The maximum absolute atomic E-state index is 12.0. The first-order valence-corrected chi connectivity index (χ1v) is 7.83. The summed E-state index contributed by atoms with van der Waals surface area (Å²) in [7, 11) is 5.31. The van der Waals surface area contributed by atoms with Crippen molar-refractivity contribution in [2.45, 2.75) is 38.6 Å². The van der Waals surface area contributed by atoms with E-state index >= 15 is 0 Å². The maximum atomic E-state index is 12.0. The van der Waals surface area contributed by atoms with Crippen LogP contribution >= 0.6 is 0 Å². The average Bonchev–Trinajstić information content (AvgIpc) is 2.41. The molecule has 0 unspecified atom stereocenters. The molecular weight excluding hydrogens is 268 g/mol. The Balaban J connectivity index is 2.19. The van der Waals surface area contributed by atoms with Crippen LogP contribution in [0, 0.1) is 5.92 Å². The highest BCUT2D eigenvalue weighted by atomic mass is 16.2. The molecule has 0 radical (unpaired) electrons. The molecule has 0 heterocycles. The molecule has 1 rings (SSSR count). The Morgan fingerprint density at radius 2 is 1.81 bits per heavy atom. The molecule has 1 saturated carbocycles. The van der Waals surface area contributed by atoms with Gasteiger partial charge in [-0.1, -0.05) is 19.8 Å². The second kappa shape index (κ2) is 8.87. The summed E-state index contributed by atoms with van der Waals surface area (Å²) in [5.41, 5.74) is 0. The summed E-state index contributed by atoms with van der Waals surface area (Å²) >= 11 is 0. The maximum Gasteiger partial charge on any atom is 0.316 e. The predicted molar refractivity (Wildman–Crippen MR) is 84.1 cm³/mol. The van der Waals surface area contributed by atoms with Crippen LogP contribution in [0.3, 0.4) is 0 Å². The van der Waals surface area contributed by atoms with E-state index in [4.69, 9.17) is 0 Å². The summed E-state index contributed by atoms with van der Waals surface area (Å²) < 4.78 is 0. The van der Waals surface area contributed by atoms with Crippen molar-refractivity contribution in [1.29, 1.82) is 0 Å². The molecule has 1 fully saturated rings. The van der Waals surface area contributed by atoms with Crippen LogP contribution in [0.2, 0.25) is 0 Å². The third-order valence-electron chi connectivity index (χ3n) is 4.05. The normalized spacial score (nSPS) is 22.0. The lowest BCUT2D eigenvalue weighted by Gasteiger charge is -2.30. The smallest absolute Gasteiger partial charge is 0.316 e. The highest BCUT2D eigenvalue weighted by molar-refractivity contribution is 5.78. The fourth-order valence-corrected chi connectivity index (χ4v) is 2.62. The molecule has 1 aliphatic rings. The van der Waals surface area contributed by atoms with Gasteiger partial charge in [-0.05, 0) is 25.8 Å². The van der Waals surface area contributed by atoms with Crippen molar-refractivity contribution in [3.8, 4) is 0 Å². The largest absolute Gasteiger partial charge is 0.352 e. The van der Waals surface area contributed by atoms with Gasteiger partial charge in [0.1, 0.15) is 0 Å². The van der Waals surface area contributed by atoms with Gasteiger partial charge in [0, 0.05) is 33.2 Å². The highest BCUT2D eigenvalue weighted by Gasteiger charge is 2.22. The minimum absolute atomic E-state index is 0.0789. The van der Waals surface area contributed by atoms with Crippen molar-refractivity contribution in [1.82, 2.24) is 20.4 Å². The van der Waals surface area contributed by atoms with Crippen molar-refractivity contribution < 1.29 is 9.59 Å². The molecule has 6 nitrogen and oxygen atoms in total. The van der Waals surface area contributed by atoms with Crippen LogP contribution in [-0.4, -0.2) is 68.6 Å². The molecule has 3 amide bonds. The van der Waals surface area contributed by atoms with Gasteiger partial charge in [0.25, 0.3) is 0 Å². The molecule has 0 spiro atoms. The van der Waals surface area contributed by atoms with Crippen molar-refractivity contribution in [3.63, 3.8) is 0 Å². The third kappa shape index (κ3) is 6.80. The van der Waals surface area contributed by atoms with E-state index in [1.807, 2.05) is 11.9 Å². The Labute approximate surface area is 128 Å². The van der Waals surface area contributed by atoms with Crippen LogP contribution in [0.25, 0.3) is 0 Å². The lowest BCUT2D eigenvalue weighted by molar-refractivity contribution is -0.123. The predicted octanol–water partition coefficient (Wildman–Crippen LogP) is 0.884. The van der Waals surface area contributed by atoms with Crippen LogP contribution in [-0.2, 0) is 4.79 Å². The van der Waals surface area contributed by atoms with Gasteiger partial charge in [-0.2, -0.15) is 0 Å². The summed E-state index contributed by atoms with van der Waals surface area (Å²) in [6.07, 6.45) is 4.79. The van der Waals surface area contributed by atoms with E-state index in [2.05, 4.69) is 17.6 Å². The summed E-state index contributed by atoms with van der Waals surface area (Å²) in [4.78, 5) is 26.8. The molecule has 1 aliphatic carbocycles. The Hall–Kier alpha value is -1.30. The molecule has 0 aliphatic heterocycles. The van der Waals surface area contributed by atoms with Gasteiger partial charge in [-0.15, -0.1) is 0 Å². The molecule has 0 aromatic carbocycles. The number of hydrogen-bond donors (Lipinski definition) is 2. The number of amides is 3. The minimum Gasteiger partial charge on any atom is -0.352 e. The lowest BCUT2D eigenvalue weighted by atomic mass is 9.86. The van der Waals surface area contributed by atoms with E-state index in [9.17, 15) is 9.59 Å². The van der Waals surface area contributed by atoms with E-state index in [0.717, 1.165) is 6.42 Å². The molecule has 0 aromatic heterocycles. The van der Waals surface area contributed by atoms with Crippen molar-refractivity contribution >= 4 is 11.9 Å². The number of likely N-dealkylation sites (N-methyl/N-ethyl adjacent to an activating group) is 1. The topological polar surface area (TPSA) is 64.7 Å². The molecule has 0 bridgehead atoms. The van der Waals surface area contributed by atoms with Crippen LogP contribution in [0.1, 0.15) is 32.6 Å². The zero-order valence-electron chi connectivity index (χ0n) is 13.8. The standard InChI is InChI=1S/C15H30N4O2/c1-12-7-5-6-8-13(12)17-14(20)11-19(4)10-9-16-15(21)18(2)3/h12-13H,5-11H2,1-4H3,(H,16,21)(H,17,20)/t12-,13-/m0/s1. The van der Waals surface area contributed by atoms with Gasteiger partial charge in [0.05, 0.1) is 6.54 Å². The lowest BCUT2D eigenvalue weighted by Crippen LogP contribution is -2.46. The molecule has 0 saturated heterocycles. The fraction of sp³-hybridized carbons (Fsp3) is 0.867. The van der Waals surface area contributed by atoms with Gasteiger partial charge in [-0.3, -0.25) is 9.69 Å². The van der Waals surface area contributed by atoms with Gasteiger partial charge in [0.2, 0.25) is 5.91 Å². The molecular formula is C15H30N4O2. The molecule has 0 aromatic rings. The van der Waals surface area contributed by atoms with Crippen molar-refractivity contribution in [3.05, 3.63) is 0 Å². The number of rotatable bonds is 6. The Bertz CT molecular complexity index is 347. The average molecular weight is 298 g/mol. The van der Waals surface area contributed by atoms with Crippen molar-refractivity contribution in [2.75, 3.05) is 40.8 Å². The van der Waals surface area contributed by atoms with Gasteiger partial charge < -0.3 is 15.5 Å². The summed E-state index contributed by atoms with van der Waals surface area (Å²) in [5, 5.41) is 5.93. The Morgan fingerprint density at radius 1 is 1.14 bits per heavy atom. The molecule has 21 heavy (non-hydrogen) atoms. The molecule has 122 valence electrons. The second-order valence-corrected chi connectivity index (χ2v) is 6.30. The van der Waals surface area contributed by atoms with Crippen LogP contribution < -0.4 is 10.6 Å². The molecule has 2 N–H and O–H groups in total. The van der Waals surface area contributed by atoms with E-state index in [1.54, 1.807) is 14.1 Å². The highest BCUT2D eigenvalue weighted by Crippen LogP contribution is 2.23. The zero-order chi connectivity index (χ0) is 15.8. The van der Waals surface area contributed by atoms with Gasteiger partial charge in [0.15, 0.2) is 0 Å². The van der Waals surface area contributed by atoms with E-state index in [0.29, 0.717) is 31.6 Å². The van der Waals surface area contributed by atoms with E-state index in [1.165, 1.54) is 24.2 Å². The van der Waals surface area contributed by atoms with Gasteiger partial charge >= 0.3 is 6.03 Å². The first kappa shape index (κ1) is 17.8. The number of nitrogens with one attached hydrogen (secondary N) is 2. The number of hydrogen-bond acceptors (Lipinski definition) is 3. The zero-order valence-corrected chi connectivity index (χ0v) is 13.8. The number of carbonyl (C=O) groups is 2. The van der Waals surface area contributed by atoms with Gasteiger partial charge in [-0.25, -0.2) is 4.79 Å². The Kier molecular flexibility index (Phi) is 7.50. The third-order valence-corrected chi connectivity index (χ3v) is 4.05. The monoisotopic (exact) mass is 298 g/mol. The minimum atomic E-state index is -0.108. The molecule has 6 heteroatoms. The van der Waals surface area contributed by atoms with E-state index < -0.39 is 0 Å². The summed E-state index contributed by atoms with van der Waals surface area (Å²) in [6, 6.07) is 0.219. The van der Waals surface area contributed by atoms with Crippen LogP contribution in [0.15, 0.2) is 0 Å².